The van der Waals surface area contributed by atoms with Crippen LogP contribution in [0.3, 0.4) is 0 Å². The van der Waals surface area contributed by atoms with E-state index in [2.05, 4.69) is 10.1 Å². The molecule has 0 saturated heterocycles. The van der Waals surface area contributed by atoms with E-state index in [1.54, 1.807) is 0 Å². The summed E-state index contributed by atoms with van der Waals surface area (Å²) in [4.78, 5) is 10.3. The zero-order chi connectivity index (χ0) is 12.0. The number of carbonyl (C=O) groups excluding carboxylic acids is 1. The van der Waals surface area contributed by atoms with E-state index in [-0.39, 0.29) is 6.61 Å². The first kappa shape index (κ1) is 12.8. The highest BCUT2D eigenvalue weighted by Gasteiger charge is 1.98. The van der Waals surface area contributed by atoms with Crippen LogP contribution in [0.25, 0.3) is 0 Å². The van der Waals surface area contributed by atoms with E-state index >= 15 is 0 Å². The first-order valence-electron chi connectivity index (χ1n) is 4.97. The summed E-state index contributed by atoms with van der Waals surface area (Å²) < 4.78 is 4.57. The van der Waals surface area contributed by atoms with Gasteiger partial charge in [-0.25, -0.2) is 4.79 Å². The lowest BCUT2D eigenvalue weighted by Gasteiger charge is -2.06. The third-order valence-electron chi connectivity index (χ3n) is 2.09. The number of nitrogens with one attached hydrogen (secondary N) is 1. The number of halogens is 1. The Kier molecular flexibility index (Phi) is 5.08. The van der Waals surface area contributed by atoms with Gasteiger partial charge < -0.3 is 15.8 Å². The van der Waals surface area contributed by atoms with Crippen LogP contribution in [0.2, 0.25) is 5.02 Å². The number of ether oxygens (including phenoxy) is 1. The summed E-state index contributed by atoms with van der Waals surface area (Å²) in [5, 5.41) is 3.87. The van der Waals surface area contributed by atoms with E-state index < -0.39 is 6.09 Å². The van der Waals surface area contributed by atoms with Crippen molar-refractivity contribution in [1.82, 2.24) is 5.32 Å². The summed E-state index contributed by atoms with van der Waals surface area (Å²) in [6, 6.07) is 5.89. The second kappa shape index (κ2) is 6.35. The molecule has 1 aromatic carbocycles. The first-order chi connectivity index (χ1) is 7.59. The Balaban J connectivity index is 2.27. The Bertz CT molecular complexity index is 369. The molecule has 5 heteroatoms. The Hall–Kier alpha value is -1.26. The Morgan fingerprint density at radius 2 is 2.31 bits per heavy atom. The average Bonchev–Trinajstić information content (AvgIpc) is 2.22. The molecule has 0 heterocycles. The number of hydrogen-bond donors (Lipinski definition) is 2. The molecule has 1 rings (SSSR count). The second-order valence-electron chi connectivity index (χ2n) is 3.43. The van der Waals surface area contributed by atoms with Crippen molar-refractivity contribution in [2.45, 2.75) is 13.5 Å². The second-order valence-corrected chi connectivity index (χ2v) is 3.84. The van der Waals surface area contributed by atoms with Crippen LogP contribution in [0.4, 0.5) is 4.79 Å². The van der Waals surface area contributed by atoms with Crippen molar-refractivity contribution in [2.24, 2.45) is 5.73 Å². The minimum Gasteiger partial charge on any atom is -0.448 e. The fraction of sp³-hybridized carbons (Fsp3) is 0.364. The Labute approximate surface area is 99.7 Å². The SMILES string of the molecule is Cc1ccc(CNCCOC(N)=O)cc1Cl. The van der Waals surface area contributed by atoms with Gasteiger partial charge in [0.05, 0.1) is 0 Å². The molecule has 16 heavy (non-hydrogen) atoms. The maximum absolute atomic E-state index is 10.3. The summed E-state index contributed by atoms with van der Waals surface area (Å²) in [5.74, 6) is 0. The van der Waals surface area contributed by atoms with E-state index in [0.717, 1.165) is 16.1 Å². The quantitative estimate of drug-likeness (QED) is 0.775. The van der Waals surface area contributed by atoms with Gasteiger partial charge in [-0.15, -0.1) is 0 Å². The average molecular weight is 243 g/mol. The van der Waals surface area contributed by atoms with Crippen molar-refractivity contribution in [3.63, 3.8) is 0 Å². The molecule has 0 bridgehead atoms. The number of hydrogen-bond acceptors (Lipinski definition) is 3. The molecular formula is C11H15ClN2O2. The smallest absolute Gasteiger partial charge is 0.404 e. The zero-order valence-corrected chi connectivity index (χ0v) is 9.88. The predicted octanol–water partition coefficient (Wildman–Crippen LogP) is 1.83. The van der Waals surface area contributed by atoms with Gasteiger partial charge in [-0.3, -0.25) is 0 Å². The fourth-order valence-electron chi connectivity index (χ4n) is 1.20. The minimum absolute atomic E-state index is 0.273. The summed E-state index contributed by atoms with van der Waals surface area (Å²) in [5.41, 5.74) is 6.97. The molecule has 88 valence electrons. The molecule has 0 radical (unpaired) electrons. The number of aryl methyl sites for hydroxylation is 1. The van der Waals surface area contributed by atoms with Crippen molar-refractivity contribution >= 4 is 17.7 Å². The van der Waals surface area contributed by atoms with Crippen LogP contribution in [-0.4, -0.2) is 19.2 Å². The van der Waals surface area contributed by atoms with E-state index in [9.17, 15) is 4.79 Å². The number of primary amides is 1. The van der Waals surface area contributed by atoms with Crippen molar-refractivity contribution in [2.75, 3.05) is 13.2 Å². The maximum Gasteiger partial charge on any atom is 0.404 e. The number of rotatable bonds is 5. The highest BCUT2D eigenvalue weighted by Crippen LogP contribution is 2.16. The van der Waals surface area contributed by atoms with Gasteiger partial charge in [0.25, 0.3) is 0 Å². The van der Waals surface area contributed by atoms with Crippen molar-refractivity contribution in [3.8, 4) is 0 Å². The van der Waals surface area contributed by atoms with Crippen molar-refractivity contribution < 1.29 is 9.53 Å². The minimum atomic E-state index is -0.750. The molecule has 1 amide bonds. The van der Waals surface area contributed by atoms with Gasteiger partial charge in [0.1, 0.15) is 6.61 Å². The van der Waals surface area contributed by atoms with Crippen LogP contribution in [0.5, 0.6) is 0 Å². The van der Waals surface area contributed by atoms with Gasteiger partial charge in [-0.2, -0.15) is 0 Å². The topological polar surface area (TPSA) is 64.3 Å². The van der Waals surface area contributed by atoms with Crippen molar-refractivity contribution in [1.29, 1.82) is 0 Å². The molecule has 0 atom stereocenters. The summed E-state index contributed by atoms with van der Waals surface area (Å²) in [6.45, 7) is 3.48. The van der Waals surface area contributed by atoms with E-state index in [1.807, 2.05) is 25.1 Å². The molecule has 1 aromatic rings. The number of amides is 1. The fourth-order valence-corrected chi connectivity index (χ4v) is 1.41. The van der Waals surface area contributed by atoms with E-state index in [1.165, 1.54) is 0 Å². The van der Waals surface area contributed by atoms with Crippen LogP contribution in [0.15, 0.2) is 18.2 Å². The third-order valence-corrected chi connectivity index (χ3v) is 2.50. The number of benzene rings is 1. The summed E-state index contributed by atoms with van der Waals surface area (Å²) >= 11 is 5.98. The third kappa shape index (κ3) is 4.51. The maximum atomic E-state index is 10.3. The van der Waals surface area contributed by atoms with Crippen LogP contribution in [0.1, 0.15) is 11.1 Å². The zero-order valence-electron chi connectivity index (χ0n) is 9.13. The molecule has 0 unspecified atom stereocenters. The number of carbonyl (C=O) groups is 1. The molecule has 0 aliphatic heterocycles. The lowest BCUT2D eigenvalue weighted by atomic mass is 10.1. The monoisotopic (exact) mass is 242 g/mol. The van der Waals surface area contributed by atoms with E-state index in [0.29, 0.717) is 13.1 Å². The summed E-state index contributed by atoms with van der Waals surface area (Å²) in [6.07, 6.45) is -0.750. The first-order valence-corrected chi connectivity index (χ1v) is 5.35. The molecule has 0 fully saturated rings. The molecule has 0 spiro atoms. The van der Waals surface area contributed by atoms with Crippen LogP contribution in [-0.2, 0) is 11.3 Å². The molecule has 4 nitrogen and oxygen atoms in total. The Morgan fingerprint density at radius 3 is 2.94 bits per heavy atom. The molecule has 3 N–H and O–H groups in total. The highest BCUT2D eigenvalue weighted by atomic mass is 35.5. The summed E-state index contributed by atoms with van der Waals surface area (Å²) in [7, 11) is 0. The van der Waals surface area contributed by atoms with Crippen LogP contribution < -0.4 is 11.1 Å². The largest absolute Gasteiger partial charge is 0.448 e. The van der Waals surface area contributed by atoms with Gasteiger partial charge in [0.15, 0.2) is 0 Å². The normalized spacial score (nSPS) is 10.1. The standard InChI is InChI=1S/C11H15ClN2O2/c1-8-2-3-9(6-10(8)12)7-14-4-5-16-11(13)15/h2-3,6,14H,4-5,7H2,1H3,(H2,13,15). The Morgan fingerprint density at radius 1 is 1.56 bits per heavy atom. The molecule has 0 saturated carbocycles. The van der Waals surface area contributed by atoms with E-state index in [4.69, 9.17) is 17.3 Å². The lowest BCUT2D eigenvalue weighted by Crippen LogP contribution is -2.23. The highest BCUT2D eigenvalue weighted by molar-refractivity contribution is 6.31. The van der Waals surface area contributed by atoms with Gasteiger partial charge in [-0.05, 0) is 24.1 Å². The van der Waals surface area contributed by atoms with Gasteiger partial charge >= 0.3 is 6.09 Å². The molecular weight excluding hydrogens is 228 g/mol. The predicted molar refractivity (Wildman–Crippen MR) is 63.4 cm³/mol. The van der Waals surface area contributed by atoms with Gasteiger partial charge in [0, 0.05) is 18.1 Å². The van der Waals surface area contributed by atoms with Gasteiger partial charge in [-0.1, -0.05) is 23.7 Å². The molecule has 0 aliphatic carbocycles. The van der Waals surface area contributed by atoms with Gasteiger partial charge in [0.2, 0.25) is 0 Å². The lowest BCUT2D eigenvalue weighted by molar-refractivity contribution is 0.157. The van der Waals surface area contributed by atoms with Crippen LogP contribution >= 0.6 is 11.6 Å². The van der Waals surface area contributed by atoms with Crippen LogP contribution in [0, 0.1) is 6.92 Å². The number of nitrogens with two attached hydrogens (primary N) is 1. The molecule has 0 aliphatic rings. The van der Waals surface area contributed by atoms with Crippen molar-refractivity contribution in [3.05, 3.63) is 34.3 Å². The molecule has 0 aromatic heterocycles.